The van der Waals surface area contributed by atoms with E-state index in [0.717, 1.165) is 12.1 Å². The lowest BCUT2D eigenvalue weighted by atomic mass is 9.82. The minimum absolute atomic E-state index is 0.0881. The number of rotatable bonds is 4. The lowest BCUT2D eigenvalue weighted by molar-refractivity contribution is 0.416. The highest BCUT2D eigenvalue weighted by molar-refractivity contribution is 7.87. The lowest BCUT2D eigenvalue weighted by Gasteiger charge is -2.35. The molecule has 3 aromatic carbocycles. The van der Waals surface area contributed by atoms with Crippen LogP contribution in [0.3, 0.4) is 0 Å². The van der Waals surface area contributed by atoms with E-state index in [9.17, 15) is 23.2 Å². The monoisotopic (exact) mass is 492 g/mol. The highest BCUT2D eigenvalue weighted by Crippen LogP contribution is 2.55. The van der Waals surface area contributed by atoms with Gasteiger partial charge in [0.2, 0.25) is 0 Å². The molecule has 0 saturated heterocycles. The van der Waals surface area contributed by atoms with Gasteiger partial charge in [-0.25, -0.2) is 0 Å². The maximum absolute atomic E-state index is 13.0. The maximum atomic E-state index is 13.0. The number of benzene rings is 3. The number of hydrogen-bond donors (Lipinski definition) is 3. The van der Waals surface area contributed by atoms with Crippen LogP contribution in [0.1, 0.15) is 16.7 Å². The maximum Gasteiger partial charge on any atom is 0.283 e. The minimum Gasteiger partial charge on any atom is -0.507 e. The molecule has 3 N–H and O–H groups in total. The molecule has 1 atom stereocenters. The van der Waals surface area contributed by atoms with Gasteiger partial charge < -0.3 is 10.2 Å². The molecule has 0 radical (unpaired) electrons. The van der Waals surface area contributed by atoms with Gasteiger partial charge in [0.15, 0.2) is 4.75 Å². The van der Waals surface area contributed by atoms with Crippen LogP contribution in [0.5, 0.6) is 11.5 Å². The van der Waals surface area contributed by atoms with Gasteiger partial charge in [-0.15, -0.1) is 0 Å². The van der Waals surface area contributed by atoms with Crippen molar-refractivity contribution in [3.63, 3.8) is 0 Å². The van der Waals surface area contributed by atoms with Gasteiger partial charge in [0.1, 0.15) is 11.5 Å². The average molecular weight is 494 g/mol. The lowest BCUT2D eigenvalue weighted by Crippen LogP contribution is -2.39. The summed E-state index contributed by atoms with van der Waals surface area (Å²) in [6, 6.07) is 11.7. The summed E-state index contributed by atoms with van der Waals surface area (Å²) < 4.78 is 33.9. The molecule has 0 aliphatic heterocycles. The Bertz CT molecular complexity index is 1170. The molecule has 0 fully saturated rings. The van der Waals surface area contributed by atoms with Crippen LogP contribution < -0.4 is 0 Å². The van der Waals surface area contributed by atoms with E-state index < -0.39 is 31.9 Å². The second-order valence-electron chi connectivity index (χ2n) is 6.05. The fourth-order valence-electron chi connectivity index (χ4n) is 3.31. The van der Waals surface area contributed by atoms with Gasteiger partial charge in [-0.1, -0.05) is 70.7 Å². The van der Waals surface area contributed by atoms with Crippen molar-refractivity contribution in [1.82, 2.24) is 0 Å². The molecule has 0 aliphatic rings. The molecule has 10 heteroatoms. The zero-order valence-electron chi connectivity index (χ0n) is 14.3. The van der Waals surface area contributed by atoms with Crippen molar-refractivity contribution in [2.24, 2.45) is 0 Å². The molecule has 1 unspecified atom stereocenters. The van der Waals surface area contributed by atoms with Crippen molar-refractivity contribution >= 4 is 56.5 Å². The second-order valence-corrected chi connectivity index (χ2v) is 9.27. The van der Waals surface area contributed by atoms with E-state index in [1.54, 1.807) is 0 Å². The molecule has 0 spiro atoms. The first-order chi connectivity index (χ1) is 13.5. The molecule has 0 aliphatic carbocycles. The normalized spacial score (nSPS) is 13.8. The molecular weight excluding hydrogens is 482 g/mol. The van der Waals surface area contributed by atoms with Crippen molar-refractivity contribution in [2.75, 3.05) is 0 Å². The van der Waals surface area contributed by atoms with Gasteiger partial charge in [0.05, 0.1) is 5.56 Å². The molecule has 3 aromatic rings. The number of phenolic OH excluding ortho intramolecular Hbond substituents is 2. The molecule has 0 saturated carbocycles. The predicted molar refractivity (Wildman–Crippen MR) is 114 cm³/mol. The van der Waals surface area contributed by atoms with E-state index in [2.05, 4.69) is 0 Å². The Kier molecular flexibility index (Phi) is 5.98. The van der Waals surface area contributed by atoms with Crippen LogP contribution in [-0.4, -0.2) is 23.2 Å². The Morgan fingerprint density at radius 1 is 0.724 bits per heavy atom. The van der Waals surface area contributed by atoms with Crippen LogP contribution in [-0.2, 0) is 14.9 Å². The minimum atomic E-state index is -5.23. The Hall–Kier alpha value is -1.67. The largest absolute Gasteiger partial charge is 0.507 e. The summed E-state index contributed by atoms with van der Waals surface area (Å²) in [6.07, 6.45) is 0. The van der Waals surface area contributed by atoms with Crippen LogP contribution in [0.2, 0.25) is 20.1 Å². The summed E-state index contributed by atoms with van der Waals surface area (Å²) in [5.41, 5.74) is -1.09. The first-order valence-corrected chi connectivity index (χ1v) is 10.9. The number of phenols is 2. The van der Waals surface area contributed by atoms with Crippen LogP contribution in [0.4, 0.5) is 0 Å². The van der Waals surface area contributed by atoms with Gasteiger partial charge in [-0.05, 0) is 30.3 Å². The van der Waals surface area contributed by atoms with E-state index in [-0.39, 0.29) is 31.2 Å². The molecule has 29 heavy (non-hydrogen) atoms. The SMILES string of the molecule is O=S(=O)(O)C(c1ccccc1Cl)(c1c(O)cccc1O)c1c(Cl)cc(Cl)cc1Cl. The molecule has 0 amide bonds. The molecule has 5 nitrogen and oxygen atoms in total. The number of aromatic hydroxyl groups is 2. The van der Waals surface area contributed by atoms with Crippen molar-refractivity contribution in [3.05, 3.63) is 91.4 Å². The summed E-state index contributed by atoms with van der Waals surface area (Å²) in [5.74, 6) is -1.27. The third-order valence-electron chi connectivity index (χ3n) is 4.37. The predicted octanol–water partition coefficient (Wildman–Crippen LogP) is 5.89. The molecule has 0 heterocycles. The van der Waals surface area contributed by atoms with Crippen LogP contribution in [0.15, 0.2) is 54.6 Å². The van der Waals surface area contributed by atoms with Gasteiger partial charge in [0, 0.05) is 31.2 Å². The third kappa shape index (κ3) is 3.54. The summed E-state index contributed by atoms with van der Waals surface area (Å²) in [5, 5.41) is 20.6. The Morgan fingerprint density at radius 3 is 1.72 bits per heavy atom. The zero-order chi connectivity index (χ0) is 21.6. The van der Waals surface area contributed by atoms with Gasteiger partial charge in [-0.2, -0.15) is 8.42 Å². The van der Waals surface area contributed by atoms with E-state index >= 15 is 0 Å². The molecule has 0 bridgehead atoms. The quantitative estimate of drug-likeness (QED) is 0.311. The molecular formula is C19H12Cl4O5S. The first-order valence-electron chi connectivity index (χ1n) is 7.90. The highest BCUT2D eigenvalue weighted by Gasteiger charge is 2.54. The molecule has 152 valence electrons. The fourth-order valence-corrected chi connectivity index (χ4v) is 6.25. The van der Waals surface area contributed by atoms with Crippen LogP contribution >= 0.6 is 46.4 Å². The van der Waals surface area contributed by atoms with Gasteiger partial charge in [0.25, 0.3) is 10.1 Å². The Morgan fingerprint density at radius 2 is 1.24 bits per heavy atom. The van der Waals surface area contributed by atoms with Crippen molar-refractivity contribution in [2.45, 2.75) is 4.75 Å². The van der Waals surface area contributed by atoms with E-state index in [1.807, 2.05) is 0 Å². The van der Waals surface area contributed by atoms with Gasteiger partial charge in [-0.3, -0.25) is 4.55 Å². The van der Waals surface area contributed by atoms with Crippen molar-refractivity contribution < 1.29 is 23.2 Å². The smallest absolute Gasteiger partial charge is 0.283 e. The van der Waals surface area contributed by atoms with Crippen LogP contribution in [0, 0.1) is 0 Å². The Balaban J connectivity index is 2.71. The average Bonchev–Trinajstić information content (AvgIpc) is 2.58. The first kappa shape index (κ1) is 22.0. The van der Waals surface area contributed by atoms with Crippen LogP contribution in [0.25, 0.3) is 0 Å². The summed E-state index contributed by atoms with van der Waals surface area (Å²) in [6.45, 7) is 0. The summed E-state index contributed by atoms with van der Waals surface area (Å²) in [4.78, 5) is 0. The van der Waals surface area contributed by atoms with E-state index in [1.165, 1.54) is 42.5 Å². The Labute approximate surface area is 186 Å². The highest BCUT2D eigenvalue weighted by atomic mass is 35.5. The zero-order valence-corrected chi connectivity index (χ0v) is 18.1. The number of hydrogen-bond acceptors (Lipinski definition) is 4. The van der Waals surface area contributed by atoms with E-state index in [0.29, 0.717) is 0 Å². The topological polar surface area (TPSA) is 94.8 Å². The van der Waals surface area contributed by atoms with Crippen molar-refractivity contribution in [3.8, 4) is 11.5 Å². The molecule has 3 rings (SSSR count). The second kappa shape index (κ2) is 7.87. The summed E-state index contributed by atoms with van der Waals surface area (Å²) in [7, 11) is -5.23. The number of halogens is 4. The van der Waals surface area contributed by atoms with E-state index in [4.69, 9.17) is 46.4 Å². The fraction of sp³-hybridized carbons (Fsp3) is 0.0526. The standard InChI is InChI=1S/C19H12Cl4O5S/c20-10-8-13(22)17(14(23)9-10)19(29(26,27)28,11-4-1-2-5-12(11)21)18-15(24)6-3-7-16(18)25/h1-9,24-25H,(H,26,27,28). The van der Waals surface area contributed by atoms with Crippen molar-refractivity contribution in [1.29, 1.82) is 0 Å². The van der Waals surface area contributed by atoms with Gasteiger partial charge >= 0.3 is 0 Å². The summed E-state index contributed by atoms with van der Waals surface area (Å²) >= 11 is 24.9. The molecule has 0 aromatic heterocycles. The third-order valence-corrected chi connectivity index (χ3v) is 6.92.